The number of ether oxygens (including phenoxy) is 1. The summed E-state index contributed by atoms with van der Waals surface area (Å²) >= 11 is 0. The summed E-state index contributed by atoms with van der Waals surface area (Å²) in [5, 5.41) is 2.91. The van der Waals surface area contributed by atoms with Crippen molar-refractivity contribution in [2.24, 2.45) is 5.73 Å². The lowest BCUT2D eigenvalue weighted by Crippen LogP contribution is -2.27. The van der Waals surface area contributed by atoms with Gasteiger partial charge in [-0.05, 0) is 41.6 Å². The zero-order valence-electron chi connectivity index (χ0n) is 18.5. The van der Waals surface area contributed by atoms with E-state index >= 15 is 0 Å². The Hall–Kier alpha value is -2.04. The number of carbonyl (C=O) groups excluding carboxylic acids is 1. The minimum atomic E-state index is -0.309. The number of rotatable bonds is 13. The predicted octanol–water partition coefficient (Wildman–Crippen LogP) is 6.42. The van der Waals surface area contributed by atoms with Crippen molar-refractivity contribution in [1.82, 2.24) is 5.32 Å². The van der Waals surface area contributed by atoms with Crippen molar-refractivity contribution in [1.29, 1.82) is 0 Å². The van der Waals surface area contributed by atoms with Crippen LogP contribution in [0.2, 0.25) is 0 Å². The van der Waals surface area contributed by atoms with E-state index in [9.17, 15) is 4.79 Å². The van der Waals surface area contributed by atoms with Crippen LogP contribution in [0.1, 0.15) is 74.8 Å². The zero-order chi connectivity index (χ0) is 21.0. The molecule has 170 valence electrons. The molecule has 0 aromatic heterocycles. The first-order valence-corrected chi connectivity index (χ1v) is 11.6. The summed E-state index contributed by atoms with van der Waals surface area (Å²) in [6.07, 6.45) is 10.7. The Morgan fingerprint density at radius 2 is 1.26 bits per heavy atom. The van der Waals surface area contributed by atoms with Gasteiger partial charge in [0.2, 0.25) is 0 Å². The molecule has 0 saturated carbocycles. The fraction of sp³-hybridized carbons (Fsp3) is 0.500. The Morgan fingerprint density at radius 3 is 1.81 bits per heavy atom. The molecule has 31 heavy (non-hydrogen) atoms. The fourth-order valence-corrected chi connectivity index (χ4v) is 4.35. The molecule has 1 amide bonds. The highest BCUT2D eigenvalue weighted by Crippen LogP contribution is 2.44. The molecule has 0 radical (unpaired) electrons. The molecule has 2 aromatic rings. The van der Waals surface area contributed by atoms with Crippen molar-refractivity contribution in [2.45, 2.75) is 63.7 Å². The third-order valence-electron chi connectivity index (χ3n) is 5.99. The summed E-state index contributed by atoms with van der Waals surface area (Å²) < 4.78 is 5.57. The third-order valence-corrected chi connectivity index (χ3v) is 5.99. The van der Waals surface area contributed by atoms with E-state index in [0.29, 0.717) is 13.2 Å². The van der Waals surface area contributed by atoms with E-state index < -0.39 is 0 Å². The monoisotopic (exact) mass is 444 g/mol. The quantitative estimate of drug-likeness (QED) is 0.350. The van der Waals surface area contributed by atoms with Crippen molar-refractivity contribution in [3.05, 3.63) is 59.7 Å². The SMILES string of the molecule is Cl.NCCCCCCCCCCCNC(=O)OCC1c2ccccc2-c2ccccc21. The van der Waals surface area contributed by atoms with E-state index in [-0.39, 0.29) is 24.4 Å². The van der Waals surface area contributed by atoms with Gasteiger partial charge in [-0.3, -0.25) is 0 Å². The summed E-state index contributed by atoms with van der Waals surface area (Å²) in [4.78, 5) is 12.1. The number of halogens is 1. The number of amides is 1. The molecule has 4 nitrogen and oxygen atoms in total. The molecule has 3 N–H and O–H groups in total. The van der Waals surface area contributed by atoms with Gasteiger partial charge in [-0.15, -0.1) is 12.4 Å². The number of unbranched alkanes of at least 4 members (excludes halogenated alkanes) is 8. The molecule has 3 rings (SSSR count). The van der Waals surface area contributed by atoms with Gasteiger partial charge < -0.3 is 15.8 Å². The first-order chi connectivity index (χ1) is 14.8. The average Bonchev–Trinajstić information content (AvgIpc) is 3.10. The summed E-state index contributed by atoms with van der Waals surface area (Å²) in [7, 11) is 0. The number of nitrogens with one attached hydrogen (secondary N) is 1. The topological polar surface area (TPSA) is 64.3 Å². The number of alkyl carbamates (subject to hydrolysis) is 1. The van der Waals surface area contributed by atoms with Gasteiger partial charge in [0.25, 0.3) is 0 Å². The predicted molar refractivity (Wildman–Crippen MR) is 131 cm³/mol. The van der Waals surface area contributed by atoms with Crippen LogP contribution in [0.15, 0.2) is 48.5 Å². The van der Waals surface area contributed by atoms with Crippen molar-refractivity contribution in [3.8, 4) is 11.1 Å². The van der Waals surface area contributed by atoms with Crippen molar-refractivity contribution >= 4 is 18.5 Å². The first-order valence-electron chi connectivity index (χ1n) is 11.6. The van der Waals surface area contributed by atoms with Crippen molar-refractivity contribution in [2.75, 3.05) is 19.7 Å². The van der Waals surface area contributed by atoms with Crippen LogP contribution in [0.25, 0.3) is 11.1 Å². The van der Waals surface area contributed by atoms with Crippen LogP contribution in [-0.2, 0) is 4.74 Å². The van der Waals surface area contributed by atoms with E-state index in [4.69, 9.17) is 10.5 Å². The molecular weight excluding hydrogens is 408 g/mol. The lowest BCUT2D eigenvalue weighted by atomic mass is 9.98. The average molecular weight is 445 g/mol. The smallest absolute Gasteiger partial charge is 0.407 e. The number of fused-ring (bicyclic) bond motifs is 3. The van der Waals surface area contributed by atoms with E-state index in [2.05, 4.69) is 53.8 Å². The number of benzene rings is 2. The molecule has 0 spiro atoms. The van der Waals surface area contributed by atoms with Crippen molar-refractivity contribution < 1.29 is 9.53 Å². The highest BCUT2D eigenvalue weighted by atomic mass is 35.5. The summed E-state index contributed by atoms with van der Waals surface area (Å²) in [5.41, 5.74) is 10.5. The van der Waals surface area contributed by atoms with Gasteiger partial charge in [-0.2, -0.15) is 0 Å². The van der Waals surface area contributed by atoms with Gasteiger partial charge in [0.1, 0.15) is 6.61 Å². The number of hydrogen-bond acceptors (Lipinski definition) is 3. The van der Waals surface area contributed by atoms with Crippen LogP contribution in [0, 0.1) is 0 Å². The Balaban J connectivity index is 0.00000341. The molecule has 1 aliphatic carbocycles. The zero-order valence-corrected chi connectivity index (χ0v) is 19.3. The number of carbonyl (C=O) groups is 1. The second kappa shape index (κ2) is 14.1. The lowest BCUT2D eigenvalue weighted by Gasteiger charge is -2.14. The van der Waals surface area contributed by atoms with Gasteiger partial charge >= 0.3 is 6.09 Å². The van der Waals surface area contributed by atoms with Crippen LogP contribution in [-0.4, -0.2) is 25.8 Å². The third kappa shape index (κ3) is 7.55. The van der Waals surface area contributed by atoms with Crippen LogP contribution < -0.4 is 11.1 Å². The molecular formula is C26H37ClN2O2. The highest BCUT2D eigenvalue weighted by Gasteiger charge is 2.28. The maximum absolute atomic E-state index is 12.1. The maximum atomic E-state index is 12.1. The summed E-state index contributed by atoms with van der Waals surface area (Å²) in [6, 6.07) is 16.8. The Kier molecular flexibility index (Phi) is 11.5. The molecule has 5 heteroatoms. The van der Waals surface area contributed by atoms with E-state index in [1.165, 1.54) is 60.8 Å². The lowest BCUT2D eigenvalue weighted by molar-refractivity contribution is 0.143. The van der Waals surface area contributed by atoms with Crippen LogP contribution in [0.4, 0.5) is 4.79 Å². The molecule has 0 fully saturated rings. The Morgan fingerprint density at radius 1 is 0.774 bits per heavy atom. The normalized spacial score (nSPS) is 12.0. The summed E-state index contributed by atoms with van der Waals surface area (Å²) in [6.45, 7) is 1.88. The largest absolute Gasteiger partial charge is 0.449 e. The summed E-state index contributed by atoms with van der Waals surface area (Å²) in [5.74, 6) is 0.119. The van der Waals surface area contributed by atoms with Crippen LogP contribution in [0.3, 0.4) is 0 Å². The Bertz CT molecular complexity index is 751. The van der Waals surface area contributed by atoms with Gasteiger partial charge in [0.15, 0.2) is 0 Å². The van der Waals surface area contributed by atoms with Crippen LogP contribution >= 0.6 is 12.4 Å². The standard InChI is InChI=1S/C26H36N2O2.ClH/c27-18-12-6-4-2-1-3-5-7-13-19-28-26(29)30-20-25-23-16-10-8-14-21(23)22-15-9-11-17-24(22)25;/h8-11,14-17,25H,1-7,12-13,18-20,27H2,(H,28,29);1H. The van der Waals surface area contributed by atoms with E-state index in [0.717, 1.165) is 25.8 Å². The molecule has 1 aliphatic rings. The molecule has 0 atom stereocenters. The van der Waals surface area contributed by atoms with Gasteiger partial charge in [0, 0.05) is 12.5 Å². The molecule has 2 aromatic carbocycles. The molecule has 0 unspecified atom stereocenters. The second-order valence-electron chi connectivity index (χ2n) is 8.22. The Labute approximate surface area is 193 Å². The van der Waals surface area contributed by atoms with Gasteiger partial charge in [-0.25, -0.2) is 4.79 Å². The molecule has 0 heterocycles. The van der Waals surface area contributed by atoms with Crippen molar-refractivity contribution in [3.63, 3.8) is 0 Å². The maximum Gasteiger partial charge on any atom is 0.407 e. The van der Waals surface area contributed by atoms with E-state index in [1.54, 1.807) is 0 Å². The first kappa shape index (κ1) is 25.2. The minimum absolute atomic E-state index is 0. The van der Waals surface area contributed by atoms with E-state index in [1.807, 2.05) is 0 Å². The number of hydrogen-bond donors (Lipinski definition) is 2. The van der Waals surface area contributed by atoms with Gasteiger partial charge in [0.05, 0.1) is 0 Å². The fourth-order valence-electron chi connectivity index (χ4n) is 4.35. The van der Waals surface area contributed by atoms with Crippen LogP contribution in [0.5, 0.6) is 0 Å². The second-order valence-corrected chi connectivity index (χ2v) is 8.22. The number of nitrogens with two attached hydrogens (primary N) is 1. The van der Waals surface area contributed by atoms with Gasteiger partial charge in [-0.1, -0.05) is 93.5 Å². The highest BCUT2D eigenvalue weighted by molar-refractivity contribution is 5.85. The molecule has 0 saturated heterocycles. The molecule has 0 bridgehead atoms. The minimum Gasteiger partial charge on any atom is -0.449 e. The molecule has 0 aliphatic heterocycles.